The summed E-state index contributed by atoms with van der Waals surface area (Å²) in [7, 11) is -2.22. The third-order valence-electron chi connectivity index (χ3n) is 7.18. The molecule has 1 aliphatic carbocycles. The second-order valence-electron chi connectivity index (χ2n) is 10.2. The summed E-state index contributed by atoms with van der Waals surface area (Å²) < 4.78 is 32.1. The number of amides is 2. The molecule has 1 atom stereocenters. The zero-order chi connectivity index (χ0) is 28.5. The number of anilines is 1. The van der Waals surface area contributed by atoms with Crippen molar-refractivity contribution in [3.05, 3.63) is 96.1 Å². The Kier molecular flexibility index (Phi) is 9.82. The highest BCUT2D eigenvalue weighted by molar-refractivity contribution is 7.92. The Bertz CT molecular complexity index is 1380. The number of hydrogen-bond donors (Lipinski definition) is 1. The number of hydrogen-bond acceptors (Lipinski definition) is 5. The SMILES string of the molecule is COc1cccc(CN(C(=O)CN(c2ccccc2)S(C)(=O)=O)[C@H](Cc2ccccc2)C(=O)NC2CCCC2)c1. The maximum Gasteiger partial charge on any atom is 0.244 e. The van der Waals surface area contributed by atoms with Gasteiger partial charge in [0.15, 0.2) is 0 Å². The van der Waals surface area contributed by atoms with Gasteiger partial charge < -0.3 is 15.0 Å². The van der Waals surface area contributed by atoms with E-state index in [4.69, 9.17) is 4.74 Å². The van der Waals surface area contributed by atoms with Gasteiger partial charge in [0.25, 0.3) is 0 Å². The van der Waals surface area contributed by atoms with E-state index in [2.05, 4.69) is 5.32 Å². The van der Waals surface area contributed by atoms with Crippen LogP contribution in [-0.2, 0) is 32.6 Å². The molecule has 0 saturated heterocycles. The lowest BCUT2D eigenvalue weighted by Crippen LogP contribution is -2.54. The van der Waals surface area contributed by atoms with Crippen LogP contribution in [-0.4, -0.2) is 57.1 Å². The number of ether oxygens (including phenoxy) is 1. The molecule has 212 valence electrons. The standard InChI is InChI=1S/C31H37N3O5S/c1-39-28-19-11-14-25(20-28)22-33(30(35)23-34(40(2,37)38)27-17-7-4-8-18-27)29(21-24-12-5-3-6-13-24)31(36)32-26-15-9-10-16-26/h3-8,11-14,17-20,26,29H,9-10,15-16,21-23H2,1-2H3,(H,32,36)/t29-/m1/s1. The van der Waals surface area contributed by atoms with Crippen molar-refractivity contribution in [3.63, 3.8) is 0 Å². The quantitative estimate of drug-likeness (QED) is 0.357. The minimum absolute atomic E-state index is 0.0661. The summed E-state index contributed by atoms with van der Waals surface area (Å²) in [6.07, 6.45) is 5.29. The van der Waals surface area contributed by atoms with E-state index >= 15 is 0 Å². The first kappa shape index (κ1) is 29.1. The van der Waals surface area contributed by atoms with Crippen molar-refractivity contribution >= 4 is 27.5 Å². The largest absolute Gasteiger partial charge is 0.497 e. The Hall–Kier alpha value is -3.85. The first-order valence-corrected chi connectivity index (χ1v) is 15.4. The van der Waals surface area contributed by atoms with E-state index in [-0.39, 0.29) is 18.5 Å². The lowest BCUT2D eigenvalue weighted by Gasteiger charge is -2.34. The van der Waals surface area contributed by atoms with E-state index in [0.29, 0.717) is 17.9 Å². The normalized spacial score (nSPS) is 14.3. The third-order valence-corrected chi connectivity index (χ3v) is 8.32. The average molecular weight is 564 g/mol. The van der Waals surface area contributed by atoms with Crippen molar-refractivity contribution in [3.8, 4) is 5.75 Å². The smallest absolute Gasteiger partial charge is 0.244 e. The molecule has 4 rings (SSSR count). The molecule has 3 aromatic carbocycles. The van der Waals surface area contributed by atoms with E-state index < -0.39 is 28.5 Å². The lowest BCUT2D eigenvalue weighted by atomic mass is 10.0. The van der Waals surface area contributed by atoms with E-state index in [1.54, 1.807) is 37.4 Å². The number of rotatable bonds is 12. The molecule has 0 unspecified atom stereocenters. The molecule has 0 radical (unpaired) electrons. The zero-order valence-corrected chi connectivity index (χ0v) is 23.8. The molecule has 0 aromatic heterocycles. The van der Waals surface area contributed by atoms with Crippen LogP contribution in [0.2, 0.25) is 0 Å². The summed E-state index contributed by atoms with van der Waals surface area (Å²) >= 11 is 0. The average Bonchev–Trinajstić information content (AvgIpc) is 3.47. The summed E-state index contributed by atoms with van der Waals surface area (Å²) in [5.74, 6) is -0.0841. The van der Waals surface area contributed by atoms with Gasteiger partial charge in [-0.2, -0.15) is 0 Å². The van der Waals surface area contributed by atoms with Gasteiger partial charge in [-0.05, 0) is 48.2 Å². The van der Waals surface area contributed by atoms with Gasteiger partial charge in [0, 0.05) is 19.0 Å². The van der Waals surface area contributed by atoms with Gasteiger partial charge in [0.1, 0.15) is 18.3 Å². The van der Waals surface area contributed by atoms with Crippen LogP contribution >= 0.6 is 0 Å². The van der Waals surface area contributed by atoms with Crippen LogP contribution in [0.25, 0.3) is 0 Å². The van der Waals surface area contributed by atoms with Crippen molar-refractivity contribution in [1.29, 1.82) is 0 Å². The first-order chi connectivity index (χ1) is 19.2. The Morgan fingerprint density at radius 2 is 1.55 bits per heavy atom. The minimum atomic E-state index is -3.79. The molecule has 9 heteroatoms. The maximum absolute atomic E-state index is 14.1. The van der Waals surface area contributed by atoms with Crippen LogP contribution in [0, 0.1) is 0 Å². The number of sulfonamides is 1. The number of nitrogens with one attached hydrogen (secondary N) is 1. The molecule has 1 fully saturated rings. The van der Waals surface area contributed by atoms with Crippen LogP contribution in [0.3, 0.4) is 0 Å². The number of benzene rings is 3. The fourth-order valence-corrected chi connectivity index (χ4v) is 5.95. The topological polar surface area (TPSA) is 96.0 Å². The molecule has 1 saturated carbocycles. The first-order valence-electron chi connectivity index (χ1n) is 13.5. The Morgan fingerprint density at radius 1 is 0.925 bits per heavy atom. The molecule has 3 aromatic rings. The highest BCUT2D eigenvalue weighted by Gasteiger charge is 2.34. The van der Waals surface area contributed by atoms with Crippen molar-refractivity contribution in [2.45, 2.75) is 50.7 Å². The molecule has 0 heterocycles. The summed E-state index contributed by atoms with van der Waals surface area (Å²) in [5, 5.41) is 3.17. The van der Waals surface area contributed by atoms with Gasteiger partial charge in [-0.3, -0.25) is 13.9 Å². The van der Waals surface area contributed by atoms with Crippen molar-refractivity contribution in [1.82, 2.24) is 10.2 Å². The Balaban J connectivity index is 1.72. The van der Waals surface area contributed by atoms with E-state index in [9.17, 15) is 18.0 Å². The van der Waals surface area contributed by atoms with E-state index in [0.717, 1.165) is 47.4 Å². The number of carbonyl (C=O) groups is 2. The third kappa shape index (κ3) is 7.85. The van der Waals surface area contributed by atoms with Crippen LogP contribution in [0.5, 0.6) is 5.75 Å². The minimum Gasteiger partial charge on any atom is -0.497 e. The van der Waals surface area contributed by atoms with Crippen LogP contribution in [0.1, 0.15) is 36.8 Å². The van der Waals surface area contributed by atoms with Crippen LogP contribution in [0.15, 0.2) is 84.9 Å². The Labute approximate surface area is 237 Å². The summed E-state index contributed by atoms with van der Waals surface area (Å²) in [5.41, 5.74) is 2.06. The molecule has 1 N–H and O–H groups in total. The molecule has 0 bridgehead atoms. The zero-order valence-electron chi connectivity index (χ0n) is 23.0. The van der Waals surface area contributed by atoms with Crippen LogP contribution < -0.4 is 14.4 Å². The van der Waals surface area contributed by atoms with Gasteiger partial charge >= 0.3 is 0 Å². The summed E-state index contributed by atoms with van der Waals surface area (Å²) in [6.45, 7) is -0.327. The molecule has 40 heavy (non-hydrogen) atoms. The molecular formula is C31H37N3O5S. The van der Waals surface area contributed by atoms with Gasteiger partial charge in [-0.1, -0.05) is 73.5 Å². The number of nitrogens with zero attached hydrogens (tertiary/aromatic N) is 2. The van der Waals surface area contributed by atoms with Gasteiger partial charge in [-0.25, -0.2) is 8.42 Å². The van der Waals surface area contributed by atoms with Crippen molar-refractivity contribution in [2.75, 3.05) is 24.2 Å². The molecule has 2 amide bonds. The van der Waals surface area contributed by atoms with Gasteiger partial charge in [-0.15, -0.1) is 0 Å². The molecule has 8 nitrogen and oxygen atoms in total. The fraction of sp³-hybridized carbons (Fsp3) is 0.355. The summed E-state index contributed by atoms with van der Waals surface area (Å²) in [6, 6.07) is 24.6. The predicted molar refractivity (Wildman–Crippen MR) is 157 cm³/mol. The second-order valence-corrected chi connectivity index (χ2v) is 12.1. The van der Waals surface area contributed by atoms with Gasteiger partial charge in [0.2, 0.25) is 21.8 Å². The molecule has 0 aliphatic heterocycles. The lowest BCUT2D eigenvalue weighted by molar-refractivity contribution is -0.140. The molecule has 1 aliphatic rings. The highest BCUT2D eigenvalue weighted by Crippen LogP contribution is 2.23. The number of para-hydroxylation sites is 1. The van der Waals surface area contributed by atoms with Crippen LogP contribution in [0.4, 0.5) is 5.69 Å². The number of carbonyl (C=O) groups excluding carboxylic acids is 2. The second kappa shape index (κ2) is 13.5. The number of methoxy groups -OCH3 is 1. The maximum atomic E-state index is 14.1. The van der Waals surface area contributed by atoms with Gasteiger partial charge in [0.05, 0.1) is 19.1 Å². The Morgan fingerprint density at radius 3 is 2.17 bits per heavy atom. The monoisotopic (exact) mass is 563 g/mol. The summed E-state index contributed by atoms with van der Waals surface area (Å²) in [4.78, 5) is 29.5. The van der Waals surface area contributed by atoms with E-state index in [1.807, 2.05) is 54.6 Å². The van der Waals surface area contributed by atoms with Crippen molar-refractivity contribution < 1.29 is 22.7 Å². The fourth-order valence-electron chi connectivity index (χ4n) is 5.10. The molecule has 0 spiro atoms. The molecular weight excluding hydrogens is 526 g/mol. The van der Waals surface area contributed by atoms with E-state index in [1.165, 1.54) is 4.90 Å². The highest BCUT2D eigenvalue weighted by atomic mass is 32.2. The van der Waals surface area contributed by atoms with Crippen molar-refractivity contribution in [2.24, 2.45) is 0 Å². The predicted octanol–water partition coefficient (Wildman–Crippen LogP) is 4.16.